The maximum atomic E-state index is 12.3. The lowest BCUT2D eigenvalue weighted by Crippen LogP contribution is -2.46. The van der Waals surface area contributed by atoms with Gasteiger partial charge in [0.15, 0.2) is 0 Å². The molecule has 0 aliphatic rings. The van der Waals surface area contributed by atoms with E-state index in [4.69, 9.17) is 0 Å². The number of aromatic amines is 4. The Hall–Kier alpha value is -3.16. The Morgan fingerprint density at radius 3 is 1.92 bits per heavy atom. The number of H-pyrrole nitrogens is 4. The van der Waals surface area contributed by atoms with Gasteiger partial charge in [-0.15, -0.1) is 0 Å². The van der Waals surface area contributed by atoms with E-state index in [-0.39, 0.29) is 16.1 Å². The van der Waals surface area contributed by atoms with Gasteiger partial charge in [-0.2, -0.15) is 0 Å². The molecule has 0 bridgehead atoms. The molecule has 0 atom stereocenters. The molecule has 0 aliphatic carbocycles. The van der Waals surface area contributed by atoms with Gasteiger partial charge in [0.2, 0.25) is 0 Å². The minimum absolute atomic E-state index is 0.149. The van der Waals surface area contributed by atoms with E-state index >= 15 is 0 Å². The monoisotopic (exact) mass is 340 g/mol. The highest BCUT2D eigenvalue weighted by Gasteiger charge is 2.19. The fourth-order valence-corrected chi connectivity index (χ4v) is 2.50. The molecule has 0 amide bonds. The Labute approximate surface area is 142 Å². The molecule has 0 unspecified atom stereocenters. The first kappa shape index (κ1) is 16.7. The number of nitrogens with zero attached hydrogens (tertiary/aromatic N) is 2. The van der Waals surface area contributed by atoms with Crippen LogP contribution in [0.3, 0.4) is 0 Å². The second-order valence-corrected chi connectivity index (χ2v) is 6.85. The summed E-state index contributed by atoms with van der Waals surface area (Å²) in [5, 5.41) is 0.300. The van der Waals surface area contributed by atoms with Crippen LogP contribution in [-0.4, -0.2) is 29.9 Å². The minimum Gasteiger partial charge on any atom is -0.348 e. The van der Waals surface area contributed by atoms with Crippen molar-refractivity contribution in [3.05, 3.63) is 66.8 Å². The van der Waals surface area contributed by atoms with Crippen LogP contribution in [0.4, 0.5) is 0 Å². The number of aryl methyl sites for hydroxylation is 1. The van der Waals surface area contributed by atoms with Crippen LogP contribution in [0.5, 0.6) is 0 Å². The van der Waals surface area contributed by atoms with E-state index in [2.05, 4.69) is 29.9 Å². The summed E-state index contributed by atoms with van der Waals surface area (Å²) in [6.45, 7) is 7.94. The van der Waals surface area contributed by atoms with Crippen LogP contribution in [0.2, 0.25) is 0 Å². The van der Waals surface area contributed by atoms with Crippen molar-refractivity contribution in [2.24, 2.45) is 0 Å². The molecular formula is C17H20N6O2. The third-order valence-electron chi connectivity index (χ3n) is 3.84. The van der Waals surface area contributed by atoms with Gasteiger partial charge in [-0.3, -0.25) is 9.59 Å². The van der Waals surface area contributed by atoms with E-state index in [0.29, 0.717) is 11.4 Å². The van der Waals surface area contributed by atoms with Crippen molar-refractivity contribution in [3.8, 4) is 0 Å². The Morgan fingerprint density at radius 1 is 0.880 bits per heavy atom. The highest BCUT2D eigenvalue weighted by molar-refractivity contribution is 5.48. The van der Waals surface area contributed by atoms with Crippen molar-refractivity contribution in [1.82, 2.24) is 29.9 Å². The number of nitrogens with one attached hydrogen (secondary N) is 4. The molecular weight excluding hydrogens is 320 g/mol. The number of hydrogen-bond donors (Lipinski definition) is 4. The average Bonchev–Trinajstić information content (AvgIpc) is 3.13. The second kappa shape index (κ2) is 6.04. The molecule has 0 spiro atoms. The molecule has 3 heterocycles. The van der Waals surface area contributed by atoms with Gasteiger partial charge in [0, 0.05) is 16.8 Å². The maximum Gasteiger partial charge on any atom is 0.272 e. The van der Waals surface area contributed by atoms with Crippen molar-refractivity contribution in [2.45, 2.75) is 33.1 Å². The first-order chi connectivity index (χ1) is 11.8. The lowest BCUT2D eigenvalue weighted by atomic mass is 9.90. The zero-order valence-corrected chi connectivity index (χ0v) is 14.5. The van der Waals surface area contributed by atoms with Crippen LogP contribution in [0.25, 0.3) is 12.2 Å². The van der Waals surface area contributed by atoms with E-state index in [1.807, 2.05) is 27.7 Å². The molecule has 0 saturated heterocycles. The highest BCUT2D eigenvalue weighted by atomic mass is 16.1. The molecule has 0 saturated carbocycles. The number of imidazole rings is 2. The molecule has 25 heavy (non-hydrogen) atoms. The first-order valence-electron chi connectivity index (χ1n) is 7.85. The predicted molar refractivity (Wildman–Crippen MR) is 94.7 cm³/mol. The molecule has 8 heteroatoms. The van der Waals surface area contributed by atoms with Crippen molar-refractivity contribution in [3.63, 3.8) is 0 Å². The Balaban J connectivity index is 2.16. The average molecular weight is 340 g/mol. The standard InChI is InChI=1S/C17H20N6O2/c1-9-10(19-7-18-9)5-12-15(24)23-13(16(25)22-12)6-11-14(17(2,3)4)21-8-20-11/h5-8H,1-4H3,(H,18,19)(H,20,21)(H,22,25)(H,23,24)/b12-5-,13-6-. The zero-order chi connectivity index (χ0) is 18.2. The van der Waals surface area contributed by atoms with Gasteiger partial charge < -0.3 is 19.9 Å². The van der Waals surface area contributed by atoms with E-state index in [1.165, 1.54) is 12.4 Å². The van der Waals surface area contributed by atoms with E-state index in [0.717, 1.165) is 11.4 Å². The fourth-order valence-electron chi connectivity index (χ4n) is 2.50. The number of rotatable bonds is 2. The largest absolute Gasteiger partial charge is 0.348 e. The van der Waals surface area contributed by atoms with Crippen LogP contribution in [-0.2, 0) is 5.41 Å². The van der Waals surface area contributed by atoms with E-state index in [9.17, 15) is 9.59 Å². The Kier molecular flexibility index (Phi) is 4.03. The summed E-state index contributed by atoms with van der Waals surface area (Å²) >= 11 is 0. The fraction of sp³-hybridized carbons (Fsp3) is 0.294. The van der Waals surface area contributed by atoms with Gasteiger partial charge in [-0.25, -0.2) is 9.97 Å². The topological polar surface area (TPSA) is 123 Å². The van der Waals surface area contributed by atoms with Crippen molar-refractivity contribution in [2.75, 3.05) is 0 Å². The molecule has 0 aromatic carbocycles. The number of hydrogen-bond acceptors (Lipinski definition) is 4. The summed E-state index contributed by atoms with van der Waals surface area (Å²) in [6.07, 6.45) is 6.20. The summed E-state index contributed by atoms with van der Waals surface area (Å²) in [4.78, 5) is 44.2. The molecule has 3 aromatic heterocycles. The van der Waals surface area contributed by atoms with Crippen LogP contribution in [0.1, 0.15) is 43.5 Å². The predicted octanol–water partition coefficient (Wildman–Crippen LogP) is -0.227. The van der Waals surface area contributed by atoms with Gasteiger partial charge in [0.05, 0.1) is 24.0 Å². The lowest BCUT2D eigenvalue weighted by molar-refractivity contribution is 0.571. The van der Waals surface area contributed by atoms with Gasteiger partial charge in [0.1, 0.15) is 10.7 Å². The van der Waals surface area contributed by atoms with Crippen molar-refractivity contribution >= 4 is 12.2 Å². The summed E-state index contributed by atoms with van der Waals surface area (Å²) in [7, 11) is 0. The lowest BCUT2D eigenvalue weighted by Gasteiger charge is -2.16. The van der Waals surface area contributed by atoms with Crippen LogP contribution in [0.15, 0.2) is 22.2 Å². The molecule has 0 aliphatic heterocycles. The summed E-state index contributed by atoms with van der Waals surface area (Å²) in [5.74, 6) is 0. The van der Waals surface area contributed by atoms with Crippen LogP contribution < -0.4 is 21.8 Å². The summed E-state index contributed by atoms with van der Waals surface area (Å²) < 4.78 is 0. The summed E-state index contributed by atoms with van der Waals surface area (Å²) in [6, 6.07) is 0. The molecule has 3 rings (SSSR count). The minimum atomic E-state index is -0.402. The van der Waals surface area contributed by atoms with Crippen LogP contribution in [0, 0.1) is 6.92 Å². The van der Waals surface area contributed by atoms with Crippen LogP contribution >= 0.6 is 0 Å². The van der Waals surface area contributed by atoms with Gasteiger partial charge >= 0.3 is 0 Å². The SMILES string of the molecule is Cc1[nH]cnc1/C=c1\[nH]c(=O)/c(=C/c2nc[nH]c2C(C)(C)C)[nH]c1=O. The van der Waals surface area contributed by atoms with Gasteiger partial charge in [-0.05, 0) is 19.1 Å². The smallest absolute Gasteiger partial charge is 0.272 e. The maximum absolute atomic E-state index is 12.3. The Bertz CT molecular complexity index is 1140. The quantitative estimate of drug-likeness (QED) is 0.515. The van der Waals surface area contributed by atoms with E-state index in [1.54, 1.807) is 12.4 Å². The van der Waals surface area contributed by atoms with Crippen molar-refractivity contribution < 1.29 is 0 Å². The molecule has 0 fully saturated rings. The van der Waals surface area contributed by atoms with E-state index < -0.39 is 11.1 Å². The molecule has 3 aromatic rings. The molecule has 130 valence electrons. The molecule has 0 radical (unpaired) electrons. The number of aromatic nitrogens is 6. The zero-order valence-electron chi connectivity index (χ0n) is 14.5. The molecule has 8 nitrogen and oxygen atoms in total. The third kappa shape index (κ3) is 3.37. The van der Waals surface area contributed by atoms with Crippen molar-refractivity contribution in [1.29, 1.82) is 0 Å². The third-order valence-corrected chi connectivity index (χ3v) is 3.84. The Morgan fingerprint density at radius 2 is 1.40 bits per heavy atom. The van der Waals surface area contributed by atoms with Gasteiger partial charge in [-0.1, -0.05) is 20.8 Å². The molecule has 4 N–H and O–H groups in total. The second-order valence-electron chi connectivity index (χ2n) is 6.85. The van der Waals surface area contributed by atoms with Gasteiger partial charge in [0.25, 0.3) is 11.1 Å². The highest BCUT2D eigenvalue weighted by Crippen LogP contribution is 2.22. The summed E-state index contributed by atoms with van der Waals surface area (Å²) in [5.41, 5.74) is 1.94. The normalized spacial score (nSPS) is 13.6. The first-order valence-corrected chi connectivity index (χ1v) is 7.85.